The Labute approximate surface area is 140 Å². The minimum Gasteiger partial charge on any atom is -0.508 e. The van der Waals surface area contributed by atoms with Crippen molar-refractivity contribution in [1.82, 2.24) is 4.90 Å². The molecule has 5 heteroatoms. The van der Waals surface area contributed by atoms with E-state index in [1.807, 2.05) is 0 Å². The Morgan fingerprint density at radius 1 is 1.17 bits per heavy atom. The summed E-state index contributed by atoms with van der Waals surface area (Å²) in [5.41, 5.74) is 1.04. The second-order valence-electron chi connectivity index (χ2n) is 5.94. The van der Waals surface area contributed by atoms with Crippen molar-refractivity contribution in [1.29, 1.82) is 0 Å². The van der Waals surface area contributed by atoms with Gasteiger partial charge in [-0.15, -0.1) is 0 Å². The number of hydrogen-bond acceptors (Lipinski definition) is 3. The van der Waals surface area contributed by atoms with E-state index in [-0.39, 0.29) is 30.2 Å². The molecule has 0 unspecified atom stereocenters. The standard InChI is InChI=1S/C19H20FNO3/c20-18-7-2-1-4-15(18)13-24-17-8-10-21(11-9-17)19(23)14-5-3-6-16(22)12-14/h1-7,12,17,22H,8-11,13H2. The third-order valence-corrected chi connectivity index (χ3v) is 4.25. The van der Waals surface area contributed by atoms with Crippen molar-refractivity contribution in [2.24, 2.45) is 0 Å². The van der Waals surface area contributed by atoms with Crippen LogP contribution in [0.5, 0.6) is 5.75 Å². The zero-order chi connectivity index (χ0) is 16.9. The van der Waals surface area contributed by atoms with Crippen LogP contribution in [0, 0.1) is 5.82 Å². The predicted molar refractivity (Wildman–Crippen MR) is 88.2 cm³/mol. The number of aromatic hydroxyl groups is 1. The first-order valence-electron chi connectivity index (χ1n) is 8.07. The Bertz CT molecular complexity index is 711. The first-order chi connectivity index (χ1) is 11.6. The van der Waals surface area contributed by atoms with Gasteiger partial charge in [-0.3, -0.25) is 4.79 Å². The summed E-state index contributed by atoms with van der Waals surface area (Å²) in [6, 6.07) is 13.0. The molecule has 0 spiro atoms. The van der Waals surface area contributed by atoms with E-state index in [4.69, 9.17) is 4.74 Å². The lowest BCUT2D eigenvalue weighted by molar-refractivity contribution is -0.00132. The van der Waals surface area contributed by atoms with Gasteiger partial charge in [0, 0.05) is 24.2 Å². The number of likely N-dealkylation sites (tertiary alicyclic amines) is 1. The fourth-order valence-corrected chi connectivity index (χ4v) is 2.87. The van der Waals surface area contributed by atoms with Crippen LogP contribution in [-0.2, 0) is 11.3 Å². The first-order valence-corrected chi connectivity index (χ1v) is 8.07. The summed E-state index contributed by atoms with van der Waals surface area (Å²) < 4.78 is 19.4. The highest BCUT2D eigenvalue weighted by Gasteiger charge is 2.24. The van der Waals surface area contributed by atoms with E-state index < -0.39 is 0 Å². The highest BCUT2D eigenvalue weighted by Crippen LogP contribution is 2.20. The molecule has 4 nitrogen and oxygen atoms in total. The monoisotopic (exact) mass is 329 g/mol. The van der Waals surface area contributed by atoms with Gasteiger partial charge in [0.1, 0.15) is 11.6 Å². The molecule has 0 aliphatic carbocycles. The van der Waals surface area contributed by atoms with Gasteiger partial charge in [-0.1, -0.05) is 24.3 Å². The molecule has 0 radical (unpaired) electrons. The number of piperidine rings is 1. The minimum atomic E-state index is -0.256. The van der Waals surface area contributed by atoms with Crippen molar-refractivity contribution >= 4 is 5.91 Å². The van der Waals surface area contributed by atoms with Crippen LogP contribution in [-0.4, -0.2) is 35.1 Å². The van der Waals surface area contributed by atoms with Gasteiger partial charge in [-0.25, -0.2) is 4.39 Å². The summed E-state index contributed by atoms with van der Waals surface area (Å²) in [7, 11) is 0. The van der Waals surface area contributed by atoms with Crippen LogP contribution in [0.2, 0.25) is 0 Å². The Kier molecular flexibility index (Phi) is 5.11. The molecule has 0 saturated carbocycles. The molecule has 1 fully saturated rings. The van der Waals surface area contributed by atoms with E-state index in [0.29, 0.717) is 24.2 Å². The summed E-state index contributed by atoms with van der Waals surface area (Å²) in [5.74, 6) is -0.253. The molecule has 1 heterocycles. The maximum atomic E-state index is 13.6. The molecule has 1 aliphatic heterocycles. The summed E-state index contributed by atoms with van der Waals surface area (Å²) in [6.45, 7) is 1.44. The number of phenolic OH excluding ortho intramolecular Hbond substituents is 1. The van der Waals surface area contributed by atoms with E-state index in [1.165, 1.54) is 12.1 Å². The number of ether oxygens (including phenoxy) is 1. The number of amides is 1. The van der Waals surface area contributed by atoms with Crippen LogP contribution >= 0.6 is 0 Å². The molecule has 24 heavy (non-hydrogen) atoms. The Hall–Kier alpha value is -2.40. The predicted octanol–water partition coefficient (Wildman–Crippen LogP) is 3.35. The SMILES string of the molecule is O=C(c1cccc(O)c1)N1CCC(OCc2ccccc2F)CC1. The van der Waals surface area contributed by atoms with Gasteiger partial charge in [-0.2, -0.15) is 0 Å². The maximum Gasteiger partial charge on any atom is 0.253 e. The van der Waals surface area contributed by atoms with Crippen molar-refractivity contribution in [3.8, 4) is 5.75 Å². The summed E-state index contributed by atoms with van der Waals surface area (Å²) in [4.78, 5) is 14.2. The number of phenols is 1. The quantitative estimate of drug-likeness (QED) is 0.936. The van der Waals surface area contributed by atoms with Gasteiger partial charge in [0.25, 0.3) is 5.91 Å². The molecule has 0 atom stereocenters. The van der Waals surface area contributed by atoms with Crippen LogP contribution < -0.4 is 0 Å². The molecule has 126 valence electrons. The molecule has 1 N–H and O–H groups in total. The number of halogens is 1. The highest BCUT2D eigenvalue weighted by atomic mass is 19.1. The molecule has 1 aliphatic rings. The number of nitrogens with zero attached hydrogens (tertiary/aromatic N) is 1. The number of rotatable bonds is 4. The van der Waals surface area contributed by atoms with Crippen molar-refractivity contribution < 1.29 is 19.0 Å². The largest absolute Gasteiger partial charge is 0.508 e. The first kappa shape index (κ1) is 16.5. The van der Waals surface area contributed by atoms with E-state index in [0.717, 1.165) is 12.8 Å². The van der Waals surface area contributed by atoms with Crippen LogP contribution in [0.15, 0.2) is 48.5 Å². The topological polar surface area (TPSA) is 49.8 Å². The van der Waals surface area contributed by atoms with E-state index in [1.54, 1.807) is 41.3 Å². The Morgan fingerprint density at radius 2 is 1.92 bits per heavy atom. The molecule has 2 aromatic rings. The van der Waals surface area contributed by atoms with Gasteiger partial charge in [-0.05, 0) is 37.1 Å². The highest BCUT2D eigenvalue weighted by molar-refractivity contribution is 5.94. The second-order valence-corrected chi connectivity index (χ2v) is 5.94. The number of hydrogen-bond donors (Lipinski definition) is 1. The summed E-state index contributed by atoms with van der Waals surface area (Å²) in [6.07, 6.45) is 1.47. The zero-order valence-electron chi connectivity index (χ0n) is 13.3. The third-order valence-electron chi connectivity index (χ3n) is 4.25. The lowest BCUT2D eigenvalue weighted by Crippen LogP contribution is -2.40. The molecule has 3 rings (SSSR count). The van der Waals surface area contributed by atoms with Crippen molar-refractivity contribution in [2.75, 3.05) is 13.1 Å². The molecule has 0 bridgehead atoms. The normalized spacial score (nSPS) is 15.5. The van der Waals surface area contributed by atoms with Crippen LogP contribution in [0.4, 0.5) is 4.39 Å². The Morgan fingerprint density at radius 3 is 2.62 bits per heavy atom. The van der Waals surface area contributed by atoms with Gasteiger partial charge in [0.15, 0.2) is 0 Å². The van der Waals surface area contributed by atoms with Gasteiger partial charge in [0.2, 0.25) is 0 Å². The minimum absolute atomic E-state index is 0.0258. The number of benzene rings is 2. The average molecular weight is 329 g/mol. The lowest BCUT2D eigenvalue weighted by Gasteiger charge is -2.32. The van der Waals surface area contributed by atoms with Gasteiger partial charge in [0.05, 0.1) is 12.7 Å². The van der Waals surface area contributed by atoms with Crippen molar-refractivity contribution in [3.63, 3.8) is 0 Å². The van der Waals surface area contributed by atoms with E-state index >= 15 is 0 Å². The fourth-order valence-electron chi connectivity index (χ4n) is 2.87. The second kappa shape index (κ2) is 7.45. The number of carbonyl (C=O) groups is 1. The maximum absolute atomic E-state index is 13.6. The summed E-state index contributed by atoms with van der Waals surface area (Å²) >= 11 is 0. The fraction of sp³-hybridized carbons (Fsp3) is 0.316. The molecule has 1 saturated heterocycles. The lowest BCUT2D eigenvalue weighted by atomic mass is 10.1. The van der Waals surface area contributed by atoms with Gasteiger partial charge >= 0.3 is 0 Å². The average Bonchev–Trinajstić information content (AvgIpc) is 2.61. The van der Waals surface area contributed by atoms with E-state index in [9.17, 15) is 14.3 Å². The van der Waals surface area contributed by atoms with Crippen molar-refractivity contribution in [3.05, 3.63) is 65.5 Å². The smallest absolute Gasteiger partial charge is 0.253 e. The molecule has 1 amide bonds. The number of carbonyl (C=O) groups excluding carboxylic acids is 1. The van der Waals surface area contributed by atoms with Crippen LogP contribution in [0.1, 0.15) is 28.8 Å². The van der Waals surface area contributed by atoms with E-state index in [2.05, 4.69) is 0 Å². The zero-order valence-corrected chi connectivity index (χ0v) is 13.3. The third kappa shape index (κ3) is 3.92. The summed E-state index contributed by atoms with van der Waals surface area (Å²) in [5, 5.41) is 9.48. The van der Waals surface area contributed by atoms with Crippen molar-refractivity contribution in [2.45, 2.75) is 25.6 Å². The molecule has 2 aromatic carbocycles. The molecule has 0 aromatic heterocycles. The van der Waals surface area contributed by atoms with Gasteiger partial charge < -0.3 is 14.7 Å². The Balaban J connectivity index is 1.51. The van der Waals surface area contributed by atoms with Crippen LogP contribution in [0.25, 0.3) is 0 Å². The molecular weight excluding hydrogens is 309 g/mol. The molecular formula is C19H20FNO3. The van der Waals surface area contributed by atoms with Crippen LogP contribution in [0.3, 0.4) is 0 Å².